The lowest BCUT2D eigenvalue weighted by atomic mass is 9.81. The first-order valence-electron chi connectivity index (χ1n) is 13.3. The van der Waals surface area contributed by atoms with Crippen molar-refractivity contribution in [1.82, 2.24) is 4.31 Å². The monoisotopic (exact) mass is 547 g/mol. The van der Waals surface area contributed by atoms with Gasteiger partial charge in [0, 0.05) is 19.0 Å². The average Bonchev–Trinajstić information content (AvgIpc) is 2.90. The normalized spacial score (nSPS) is 18.8. The fourth-order valence-corrected chi connectivity index (χ4v) is 6.57. The van der Waals surface area contributed by atoms with Gasteiger partial charge in [-0.2, -0.15) is 4.31 Å². The number of carbonyl (C=O) groups is 1. The summed E-state index contributed by atoms with van der Waals surface area (Å²) in [7, 11) is -3.74. The van der Waals surface area contributed by atoms with Gasteiger partial charge in [-0.05, 0) is 99.0 Å². The van der Waals surface area contributed by atoms with Crippen LogP contribution in [0.25, 0.3) is 11.1 Å². The van der Waals surface area contributed by atoms with Gasteiger partial charge in [-0.1, -0.05) is 54.6 Å². The molecule has 0 bridgehead atoms. The van der Waals surface area contributed by atoms with Crippen LogP contribution >= 0.6 is 0 Å². The first-order chi connectivity index (χ1) is 18.4. The predicted octanol–water partition coefficient (Wildman–Crippen LogP) is 6.58. The minimum absolute atomic E-state index is 0.107. The number of carboxylic acids is 1. The molecule has 6 nitrogen and oxygen atoms in total. The number of sulfonamides is 1. The molecule has 0 radical (unpaired) electrons. The minimum Gasteiger partial charge on any atom is -0.478 e. The molecule has 7 heteroatoms. The smallest absolute Gasteiger partial charge is 0.347 e. The van der Waals surface area contributed by atoms with Crippen molar-refractivity contribution in [2.45, 2.75) is 57.5 Å². The van der Waals surface area contributed by atoms with Crippen LogP contribution in [-0.2, 0) is 14.8 Å². The van der Waals surface area contributed by atoms with Crippen LogP contribution in [0.15, 0.2) is 83.8 Å². The molecule has 1 aliphatic rings. The molecule has 2 unspecified atom stereocenters. The molecule has 0 spiro atoms. The largest absolute Gasteiger partial charge is 0.478 e. The standard InChI is InChI=1S/C32H37NO5S/c1-6-9-24-16-17-33(21-30(24)27-11-7-12-28(19-27)38-32(4,5)31(34)35)39(36,37)29-13-8-10-25(20-29)26-15-14-22(2)23(3)18-26/h6-15,18-20,24,30H,16-17,21H2,1-5H3,(H,34,35)/b9-6-. The molecule has 3 aromatic rings. The van der Waals surface area contributed by atoms with Crippen LogP contribution in [-0.4, -0.2) is 42.5 Å². The number of rotatable bonds is 8. The number of aryl methyl sites for hydroxylation is 2. The van der Waals surface area contributed by atoms with Gasteiger partial charge in [0.1, 0.15) is 5.75 Å². The van der Waals surface area contributed by atoms with E-state index in [9.17, 15) is 18.3 Å². The van der Waals surface area contributed by atoms with Crippen molar-refractivity contribution in [3.63, 3.8) is 0 Å². The third-order valence-corrected chi connectivity index (χ3v) is 9.42. The van der Waals surface area contributed by atoms with Gasteiger partial charge < -0.3 is 9.84 Å². The summed E-state index contributed by atoms with van der Waals surface area (Å²) in [6.45, 7) is 9.82. The Bertz CT molecular complexity index is 1490. The summed E-state index contributed by atoms with van der Waals surface area (Å²) in [4.78, 5) is 11.9. The maximum absolute atomic E-state index is 13.9. The first kappa shape index (κ1) is 28.6. The van der Waals surface area contributed by atoms with Crippen molar-refractivity contribution in [1.29, 1.82) is 0 Å². The maximum Gasteiger partial charge on any atom is 0.347 e. The Kier molecular flexibility index (Phi) is 8.33. The quantitative estimate of drug-likeness (QED) is 0.322. The van der Waals surface area contributed by atoms with E-state index in [1.54, 1.807) is 28.6 Å². The Balaban J connectivity index is 1.64. The third kappa shape index (κ3) is 6.26. The lowest BCUT2D eigenvalue weighted by molar-refractivity contribution is -0.152. The molecule has 4 rings (SSSR count). The van der Waals surface area contributed by atoms with Crippen LogP contribution in [0.4, 0.5) is 0 Å². The van der Waals surface area contributed by atoms with E-state index in [4.69, 9.17) is 4.74 Å². The fraction of sp³-hybridized carbons (Fsp3) is 0.344. The predicted molar refractivity (Wildman–Crippen MR) is 155 cm³/mol. The van der Waals surface area contributed by atoms with E-state index < -0.39 is 21.6 Å². The molecule has 206 valence electrons. The molecule has 0 aliphatic carbocycles. The lowest BCUT2D eigenvalue weighted by Crippen LogP contribution is -2.42. The summed E-state index contributed by atoms with van der Waals surface area (Å²) in [6, 6.07) is 20.7. The number of nitrogens with zero attached hydrogens (tertiary/aromatic N) is 1. The Morgan fingerprint density at radius 1 is 1.00 bits per heavy atom. The van der Waals surface area contributed by atoms with Crippen molar-refractivity contribution >= 4 is 16.0 Å². The number of carboxylic acid groups (broad SMARTS) is 1. The molecule has 1 N–H and O–H groups in total. The number of hydrogen-bond donors (Lipinski definition) is 1. The third-order valence-electron chi connectivity index (χ3n) is 7.55. The zero-order chi connectivity index (χ0) is 28.4. The second-order valence-corrected chi connectivity index (χ2v) is 12.7. The van der Waals surface area contributed by atoms with Crippen LogP contribution in [0.3, 0.4) is 0 Å². The van der Waals surface area contributed by atoms with Gasteiger partial charge in [-0.25, -0.2) is 13.2 Å². The van der Waals surface area contributed by atoms with Gasteiger partial charge in [0.05, 0.1) is 4.90 Å². The second kappa shape index (κ2) is 11.4. The fourth-order valence-electron chi connectivity index (χ4n) is 5.04. The highest BCUT2D eigenvalue weighted by atomic mass is 32.2. The number of aliphatic carboxylic acids is 1. The van der Waals surface area contributed by atoms with Crippen molar-refractivity contribution in [2.75, 3.05) is 13.1 Å². The van der Waals surface area contributed by atoms with E-state index in [0.29, 0.717) is 25.3 Å². The van der Waals surface area contributed by atoms with Crippen LogP contribution < -0.4 is 4.74 Å². The van der Waals surface area contributed by atoms with Crippen molar-refractivity contribution < 1.29 is 23.1 Å². The minimum atomic E-state index is -3.74. The highest BCUT2D eigenvalue weighted by molar-refractivity contribution is 7.89. The van der Waals surface area contributed by atoms with Gasteiger partial charge >= 0.3 is 5.97 Å². The van der Waals surface area contributed by atoms with Gasteiger partial charge in [0.2, 0.25) is 10.0 Å². The number of piperidine rings is 1. The highest BCUT2D eigenvalue weighted by Gasteiger charge is 2.36. The summed E-state index contributed by atoms with van der Waals surface area (Å²) >= 11 is 0. The average molecular weight is 548 g/mol. The number of allylic oxidation sites excluding steroid dienone is 2. The van der Waals surface area contributed by atoms with Crippen molar-refractivity contribution in [2.24, 2.45) is 5.92 Å². The molecule has 0 amide bonds. The SMILES string of the molecule is C/C=C\C1CCN(S(=O)(=O)c2cccc(-c3ccc(C)c(C)c3)c2)CC1c1cccc(OC(C)(C)C(=O)O)c1. The first-order valence-corrected chi connectivity index (χ1v) is 14.7. The summed E-state index contributed by atoms with van der Waals surface area (Å²) in [6.07, 6.45) is 4.81. The van der Waals surface area contributed by atoms with Crippen LogP contribution in [0, 0.1) is 19.8 Å². The molecule has 39 heavy (non-hydrogen) atoms. The van der Waals surface area contributed by atoms with Crippen molar-refractivity contribution in [3.05, 3.63) is 95.6 Å². The molecule has 0 aromatic heterocycles. The summed E-state index contributed by atoms with van der Waals surface area (Å²) in [5.41, 5.74) is 3.74. The zero-order valence-corrected chi connectivity index (χ0v) is 24.0. The van der Waals surface area contributed by atoms with E-state index in [1.807, 2.05) is 43.3 Å². The molecule has 1 heterocycles. The molecular formula is C32H37NO5S. The van der Waals surface area contributed by atoms with E-state index in [2.05, 4.69) is 32.1 Å². The molecule has 3 aromatic carbocycles. The number of hydrogen-bond acceptors (Lipinski definition) is 4. The van der Waals surface area contributed by atoms with Gasteiger partial charge in [0.25, 0.3) is 0 Å². The molecule has 0 saturated carbocycles. The van der Waals surface area contributed by atoms with E-state index in [1.165, 1.54) is 19.4 Å². The zero-order valence-electron chi connectivity index (χ0n) is 23.2. The number of ether oxygens (including phenoxy) is 1. The molecule has 2 atom stereocenters. The van der Waals surface area contributed by atoms with Gasteiger partial charge in [0.15, 0.2) is 5.60 Å². The van der Waals surface area contributed by atoms with Crippen LogP contribution in [0.1, 0.15) is 49.8 Å². The highest BCUT2D eigenvalue weighted by Crippen LogP contribution is 2.38. The van der Waals surface area contributed by atoms with Crippen LogP contribution in [0.5, 0.6) is 5.75 Å². The lowest BCUT2D eigenvalue weighted by Gasteiger charge is -2.37. The maximum atomic E-state index is 13.9. The Morgan fingerprint density at radius 2 is 1.72 bits per heavy atom. The molecule has 1 saturated heterocycles. The molecule has 1 aliphatic heterocycles. The van der Waals surface area contributed by atoms with E-state index in [0.717, 1.165) is 22.3 Å². The Morgan fingerprint density at radius 3 is 2.41 bits per heavy atom. The number of benzene rings is 3. The molecule has 1 fully saturated rings. The summed E-state index contributed by atoms with van der Waals surface area (Å²) in [5, 5.41) is 9.48. The summed E-state index contributed by atoms with van der Waals surface area (Å²) < 4.78 is 35.1. The Hall–Kier alpha value is -3.42. The molecular weight excluding hydrogens is 510 g/mol. The summed E-state index contributed by atoms with van der Waals surface area (Å²) in [5.74, 6) is -0.576. The van der Waals surface area contributed by atoms with E-state index >= 15 is 0 Å². The van der Waals surface area contributed by atoms with Gasteiger partial charge in [-0.3, -0.25) is 0 Å². The van der Waals surface area contributed by atoms with Crippen molar-refractivity contribution in [3.8, 4) is 16.9 Å². The van der Waals surface area contributed by atoms with E-state index in [-0.39, 0.29) is 16.7 Å². The topological polar surface area (TPSA) is 83.9 Å². The second-order valence-electron chi connectivity index (χ2n) is 10.8. The van der Waals surface area contributed by atoms with Gasteiger partial charge in [-0.15, -0.1) is 0 Å². The van der Waals surface area contributed by atoms with Crippen LogP contribution in [0.2, 0.25) is 0 Å². The Labute approximate surface area is 232 Å².